The molecule has 0 saturated heterocycles. The molecule has 2 atom stereocenters. The molecule has 0 spiro atoms. The minimum absolute atomic E-state index is 0.274. The quantitative estimate of drug-likeness (QED) is 0.780. The molecule has 3 saturated carbocycles. The molecule has 3 aliphatic carbocycles. The molecule has 0 amide bonds. The zero-order valence-electron chi connectivity index (χ0n) is 12.0. The van der Waals surface area contributed by atoms with Gasteiger partial charge in [0.1, 0.15) is 0 Å². The Bertz CT molecular complexity index is 275. The summed E-state index contributed by atoms with van der Waals surface area (Å²) < 4.78 is 0. The highest BCUT2D eigenvalue weighted by Crippen LogP contribution is 2.50. The van der Waals surface area contributed by atoms with Crippen molar-refractivity contribution < 1.29 is 5.11 Å². The Kier molecular flexibility index (Phi) is 3.71. The van der Waals surface area contributed by atoms with Crippen molar-refractivity contribution in [1.29, 1.82) is 0 Å². The molecule has 3 fully saturated rings. The van der Waals surface area contributed by atoms with Crippen molar-refractivity contribution in [2.45, 2.75) is 83.2 Å². The second-order valence-electron chi connectivity index (χ2n) is 7.42. The van der Waals surface area contributed by atoms with Crippen LogP contribution in [0.3, 0.4) is 0 Å². The maximum Gasteiger partial charge on any atom is 0.0678 e. The first-order valence-electron chi connectivity index (χ1n) is 8.43. The summed E-state index contributed by atoms with van der Waals surface area (Å²) in [5.41, 5.74) is -0.274. The second kappa shape index (κ2) is 5.15. The van der Waals surface area contributed by atoms with Crippen molar-refractivity contribution in [3.05, 3.63) is 0 Å². The Hall–Kier alpha value is -0.0400. The van der Waals surface area contributed by atoms with Crippen LogP contribution in [-0.2, 0) is 0 Å². The topological polar surface area (TPSA) is 20.2 Å². The van der Waals surface area contributed by atoms with Crippen LogP contribution >= 0.6 is 0 Å². The molecule has 2 unspecified atom stereocenters. The van der Waals surface area contributed by atoms with Gasteiger partial charge in [0.25, 0.3) is 0 Å². The standard InChI is InChI=1S/C17H30O/c1-2-13-5-9-16(10-6-13)17(18)11-3-4-15(12-17)14-7-8-14/h13-16,18H,2-12H2,1H3. The zero-order chi connectivity index (χ0) is 12.6. The van der Waals surface area contributed by atoms with Crippen LogP contribution in [0.2, 0.25) is 0 Å². The van der Waals surface area contributed by atoms with Crippen molar-refractivity contribution in [2.24, 2.45) is 23.7 Å². The van der Waals surface area contributed by atoms with Gasteiger partial charge in [-0.2, -0.15) is 0 Å². The predicted octanol–water partition coefficient (Wildman–Crippen LogP) is 4.53. The molecule has 0 aromatic carbocycles. The van der Waals surface area contributed by atoms with E-state index in [0.717, 1.165) is 30.6 Å². The first-order valence-corrected chi connectivity index (χ1v) is 8.43. The molecule has 0 bridgehead atoms. The van der Waals surface area contributed by atoms with Crippen molar-refractivity contribution in [3.8, 4) is 0 Å². The van der Waals surface area contributed by atoms with E-state index in [4.69, 9.17) is 0 Å². The molecule has 18 heavy (non-hydrogen) atoms. The smallest absolute Gasteiger partial charge is 0.0678 e. The van der Waals surface area contributed by atoms with Gasteiger partial charge in [0, 0.05) is 0 Å². The molecule has 0 aromatic heterocycles. The first-order chi connectivity index (χ1) is 8.71. The summed E-state index contributed by atoms with van der Waals surface area (Å²) in [4.78, 5) is 0. The minimum Gasteiger partial charge on any atom is -0.390 e. The van der Waals surface area contributed by atoms with Crippen molar-refractivity contribution >= 4 is 0 Å². The first kappa shape index (κ1) is 13.0. The van der Waals surface area contributed by atoms with E-state index < -0.39 is 0 Å². The molecule has 0 aliphatic heterocycles. The SMILES string of the molecule is CCC1CCC(C2(O)CCCC(C3CC3)C2)CC1. The molecule has 104 valence electrons. The van der Waals surface area contributed by atoms with Crippen LogP contribution in [0, 0.1) is 23.7 Å². The Morgan fingerprint density at radius 1 is 0.944 bits per heavy atom. The lowest BCUT2D eigenvalue weighted by atomic mass is 9.65. The summed E-state index contributed by atoms with van der Waals surface area (Å²) in [6.45, 7) is 2.32. The lowest BCUT2D eigenvalue weighted by molar-refractivity contribution is -0.0824. The molecule has 3 rings (SSSR count). The number of rotatable bonds is 3. The van der Waals surface area contributed by atoms with Gasteiger partial charge in [0.05, 0.1) is 5.60 Å². The van der Waals surface area contributed by atoms with E-state index in [-0.39, 0.29) is 5.60 Å². The molecule has 1 N–H and O–H groups in total. The Balaban J connectivity index is 1.59. The van der Waals surface area contributed by atoms with Crippen molar-refractivity contribution in [1.82, 2.24) is 0 Å². The fourth-order valence-electron chi connectivity index (χ4n) is 4.78. The highest BCUT2D eigenvalue weighted by atomic mass is 16.3. The Labute approximate surface area is 112 Å². The third-order valence-electron chi connectivity index (χ3n) is 6.27. The summed E-state index contributed by atoms with van der Waals surface area (Å²) >= 11 is 0. The Morgan fingerprint density at radius 3 is 2.28 bits per heavy atom. The normalized spacial score (nSPS) is 46.0. The molecule has 0 heterocycles. The van der Waals surface area contributed by atoms with E-state index in [1.165, 1.54) is 57.8 Å². The summed E-state index contributed by atoms with van der Waals surface area (Å²) in [6, 6.07) is 0. The van der Waals surface area contributed by atoms with Gasteiger partial charge in [0.2, 0.25) is 0 Å². The van der Waals surface area contributed by atoms with Gasteiger partial charge in [-0.1, -0.05) is 32.6 Å². The van der Waals surface area contributed by atoms with Crippen LogP contribution in [0.15, 0.2) is 0 Å². The molecule has 0 radical (unpaired) electrons. The molecular formula is C17H30O. The van der Waals surface area contributed by atoms with Crippen LogP contribution in [0.25, 0.3) is 0 Å². The van der Waals surface area contributed by atoms with Crippen LogP contribution in [0.5, 0.6) is 0 Å². The molecule has 3 aliphatic rings. The number of aliphatic hydroxyl groups is 1. The highest BCUT2D eigenvalue weighted by molar-refractivity contribution is 4.97. The van der Waals surface area contributed by atoms with E-state index in [2.05, 4.69) is 6.92 Å². The van der Waals surface area contributed by atoms with Crippen LogP contribution in [0.4, 0.5) is 0 Å². The fourth-order valence-corrected chi connectivity index (χ4v) is 4.78. The number of hydrogen-bond donors (Lipinski definition) is 1. The van der Waals surface area contributed by atoms with Crippen molar-refractivity contribution in [3.63, 3.8) is 0 Å². The third-order valence-corrected chi connectivity index (χ3v) is 6.27. The van der Waals surface area contributed by atoms with E-state index in [9.17, 15) is 5.11 Å². The summed E-state index contributed by atoms with van der Waals surface area (Å²) in [6.07, 6.45) is 14.5. The summed E-state index contributed by atoms with van der Waals surface area (Å²) in [7, 11) is 0. The maximum absolute atomic E-state index is 11.1. The van der Waals surface area contributed by atoms with Crippen LogP contribution in [-0.4, -0.2) is 10.7 Å². The second-order valence-corrected chi connectivity index (χ2v) is 7.42. The Morgan fingerprint density at radius 2 is 1.67 bits per heavy atom. The maximum atomic E-state index is 11.1. The lowest BCUT2D eigenvalue weighted by Gasteiger charge is -2.45. The van der Waals surface area contributed by atoms with E-state index in [0.29, 0.717) is 5.92 Å². The van der Waals surface area contributed by atoms with Gasteiger partial charge in [-0.15, -0.1) is 0 Å². The molecular weight excluding hydrogens is 220 g/mol. The zero-order valence-corrected chi connectivity index (χ0v) is 12.0. The molecule has 0 aromatic rings. The van der Waals surface area contributed by atoms with Gasteiger partial charge in [-0.05, 0) is 68.6 Å². The fraction of sp³-hybridized carbons (Fsp3) is 1.00. The monoisotopic (exact) mass is 250 g/mol. The minimum atomic E-state index is -0.274. The van der Waals surface area contributed by atoms with E-state index in [1.54, 1.807) is 0 Å². The average molecular weight is 250 g/mol. The van der Waals surface area contributed by atoms with Crippen LogP contribution < -0.4 is 0 Å². The lowest BCUT2D eigenvalue weighted by Crippen LogP contribution is -2.44. The van der Waals surface area contributed by atoms with Gasteiger partial charge < -0.3 is 5.11 Å². The van der Waals surface area contributed by atoms with Crippen molar-refractivity contribution in [2.75, 3.05) is 0 Å². The summed E-state index contributed by atoms with van der Waals surface area (Å²) in [5.74, 6) is 3.44. The number of hydrogen-bond acceptors (Lipinski definition) is 1. The summed E-state index contributed by atoms with van der Waals surface area (Å²) in [5, 5.41) is 11.1. The van der Waals surface area contributed by atoms with Gasteiger partial charge in [-0.3, -0.25) is 0 Å². The van der Waals surface area contributed by atoms with Gasteiger partial charge in [0.15, 0.2) is 0 Å². The van der Waals surface area contributed by atoms with Crippen LogP contribution in [0.1, 0.15) is 77.6 Å². The predicted molar refractivity (Wildman–Crippen MR) is 75.4 cm³/mol. The third kappa shape index (κ3) is 2.61. The van der Waals surface area contributed by atoms with Gasteiger partial charge in [-0.25, -0.2) is 0 Å². The molecule has 1 heteroatoms. The van der Waals surface area contributed by atoms with E-state index >= 15 is 0 Å². The average Bonchev–Trinajstić information content (AvgIpc) is 3.23. The highest BCUT2D eigenvalue weighted by Gasteiger charge is 2.45. The van der Waals surface area contributed by atoms with E-state index in [1.807, 2.05) is 0 Å². The molecule has 1 nitrogen and oxygen atoms in total. The largest absolute Gasteiger partial charge is 0.390 e. The van der Waals surface area contributed by atoms with Gasteiger partial charge >= 0.3 is 0 Å².